The molecule has 1 unspecified atom stereocenters. The number of hydrogen-bond acceptors (Lipinski definition) is 6. The summed E-state index contributed by atoms with van der Waals surface area (Å²) in [7, 11) is 0. The quantitative estimate of drug-likeness (QED) is 0.730. The molecule has 2 aliphatic heterocycles. The average molecular weight is 401 g/mol. The highest BCUT2D eigenvalue weighted by atomic mass is 16.6. The third kappa shape index (κ3) is 4.28. The summed E-state index contributed by atoms with van der Waals surface area (Å²) in [5, 5.41) is 4.79. The highest BCUT2D eigenvalue weighted by Crippen LogP contribution is 2.30. The maximum Gasteiger partial charge on any atom is 0.407 e. The van der Waals surface area contributed by atoms with Crippen LogP contribution in [0.1, 0.15) is 59.9 Å². The molecule has 0 spiro atoms. The zero-order chi connectivity index (χ0) is 21.3. The Bertz CT molecular complexity index is 902. The van der Waals surface area contributed by atoms with E-state index in [0.717, 1.165) is 4.90 Å². The van der Waals surface area contributed by atoms with Crippen LogP contribution in [0.2, 0.25) is 0 Å². The number of amides is 5. The minimum atomic E-state index is -1.01. The molecule has 3 rings (SSSR count). The van der Waals surface area contributed by atoms with Crippen LogP contribution in [0.15, 0.2) is 18.2 Å². The van der Waals surface area contributed by atoms with E-state index in [1.165, 1.54) is 6.07 Å². The van der Waals surface area contributed by atoms with Crippen molar-refractivity contribution < 1.29 is 28.7 Å². The lowest BCUT2D eigenvalue weighted by Crippen LogP contribution is -2.54. The van der Waals surface area contributed by atoms with Gasteiger partial charge in [-0.15, -0.1) is 0 Å². The van der Waals surface area contributed by atoms with Crippen LogP contribution >= 0.6 is 0 Å². The van der Waals surface area contributed by atoms with Gasteiger partial charge in [-0.3, -0.25) is 29.4 Å². The Labute approximate surface area is 167 Å². The molecule has 2 aliphatic rings. The lowest BCUT2D eigenvalue weighted by molar-refractivity contribution is -0.136. The maximum atomic E-state index is 13.0. The molecule has 1 aromatic rings. The zero-order valence-electron chi connectivity index (χ0n) is 16.5. The molecule has 9 nitrogen and oxygen atoms in total. The van der Waals surface area contributed by atoms with Gasteiger partial charge in [-0.05, 0) is 45.2 Å². The molecule has 9 heteroatoms. The van der Waals surface area contributed by atoms with Gasteiger partial charge in [0, 0.05) is 13.0 Å². The van der Waals surface area contributed by atoms with Gasteiger partial charge in [0.15, 0.2) is 0 Å². The van der Waals surface area contributed by atoms with Gasteiger partial charge < -0.3 is 10.1 Å². The van der Waals surface area contributed by atoms with Crippen molar-refractivity contribution in [2.45, 2.75) is 51.7 Å². The monoisotopic (exact) mass is 401 g/mol. The van der Waals surface area contributed by atoms with E-state index < -0.39 is 41.4 Å². The molecule has 0 saturated carbocycles. The largest absolute Gasteiger partial charge is 0.444 e. The Balaban J connectivity index is 1.74. The molecule has 5 amide bonds. The summed E-state index contributed by atoms with van der Waals surface area (Å²) in [6, 6.07) is 3.88. The van der Waals surface area contributed by atoms with Crippen molar-refractivity contribution >= 4 is 29.7 Å². The number of hydrogen-bond donors (Lipinski definition) is 2. The first-order chi connectivity index (χ1) is 13.6. The summed E-state index contributed by atoms with van der Waals surface area (Å²) in [6.07, 6.45) is -0.0927. The Hall–Kier alpha value is -3.23. The van der Waals surface area contributed by atoms with Gasteiger partial charge in [0.2, 0.25) is 11.8 Å². The van der Waals surface area contributed by atoms with Crippen molar-refractivity contribution in [3.05, 3.63) is 34.9 Å². The second-order valence-electron chi connectivity index (χ2n) is 7.97. The molecule has 29 heavy (non-hydrogen) atoms. The molecule has 0 bridgehead atoms. The summed E-state index contributed by atoms with van der Waals surface area (Å²) in [6.45, 7) is 5.48. The molecule has 1 aromatic carbocycles. The Morgan fingerprint density at radius 3 is 2.59 bits per heavy atom. The number of ether oxygens (including phenoxy) is 1. The normalized spacial score (nSPS) is 19.1. The lowest BCUT2D eigenvalue weighted by Gasteiger charge is -2.27. The SMILES string of the molecule is CC(C)(C)OC(=O)NCCc1cccc2c1C(=O)N(C1CCC(=O)NC1=O)C2=O. The molecule has 154 valence electrons. The first-order valence-corrected chi connectivity index (χ1v) is 9.39. The number of carbonyl (C=O) groups excluding carboxylic acids is 5. The van der Waals surface area contributed by atoms with E-state index in [-0.39, 0.29) is 30.5 Å². The zero-order valence-corrected chi connectivity index (χ0v) is 16.5. The Kier molecular flexibility index (Phi) is 5.41. The number of imide groups is 2. The molecule has 1 atom stereocenters. The van der Waals surface area contributed by atoms with Gasteiger partial charge in [-0.1, -0.05) is 12.1 Å². The molecule has 0 aromatic heterocycles. The van der Waals surface area contributed by atoms with Gasteiger partial charge in [0.05, 0.1) is 11.1 Å². The molecule has 0 radical (unpaired) electrons. The lowest BCUT2D eigenvalue weighted by atomic mass is 10.0. The predicted molar refractivity (Wildman–Crippen MR) is 101 cm³/mol. The fourth-order valence-corrected chi connectivity index (χ4v) is 3.41. The van der Waals surface area contributed by atoms with E-state index in [2.05, 4.69) is 10.6 Å². The van der Waals surface area contributed by atoms with Crippen molar-refractivity contribution in [3.8, 4) is 0 Å². The second-order valence-corrected chi connectivity index (χ2v) is 7.97. The van der Waals surface area contributed by atoms with Crippen molar-refractivity contribution in [2.75, 3.05) is 6.54 Å². The van der Waals surface area contributed by atoms with Gasteiger partial charge >= 0.3 is 6.09 Å². The van der Waals surface area contributed by atoms with Crippen molar-refractivity contribution in [1.82, 2.24) is 15.5 Å². The first-order valence-electron chi connectivity index (χ1n) is 9.39. The molecular weight excluding hydrogens is 378 g/mol. The van der Waals surface area contributed by atoms with E-state index in [4.69, 9.17) is 4.74 Å². The maximum absolute atomic E-state index is 13.0. The van der Waals surface area contributed by atoms with Crippen molar-refractivity contribution in [3.63, 3.8) is 0 Å². The number of carbonyl (C=O) groups is 5. The third-order valence-electron chi connectivity index (χ3n) is 4.62. The third-order valence-corrected chi connectivity index (χ3v) is 4.62. The smallest absolute Gasteiger partial charge is 0.407 e. The topological polar surface area (TPSA) is 122 Å². The van der Waals surface area contributed by atoms with Gasteiger partial charge in [0.1, 0.15) is 11.6 Å². The van der Waals surface area contributed by atoms with Crippen LogP contribution in [-0.2, 0) is 20.7 Å². The number of nitrogens with one attached hydrogen (secondary N) is 2. The number of rotatable bonds is 4. The highest BCUT2D eigenvalue weighted by Gasteiger charge is 2.45. The number of fused-ring (bicyclic) bond motifs is 1. The summed E-state index contributed by atoms with van der Waals surface area (Å²) >= 11 is 0. The second kappa shape index (κ2) is 7.65. The summed E-state index contributed by atoms with van der Waals surface area (Å²) in [5.41, 5.74) is 0.414. The van der Waals surface area contributed by atoms with E-state index in [0.29, 0.717) is 12.0 Å². The number of alkyl carbamates (subject to hydrolysis) is 1. The molecular formula is C20H23N3O6. The highest BCUT2D eigenvalue weighted by molar-refractivity contribution is 6.24. The molecule has 2 heterocycles. The number of benzene rings is 1. The number of piperidine rings is 1. The molecule has 1 fully saturated rings. The van der Waals surface area contributed by atoms with E-state index in [9.17, 15) is 24.0 Å². The number of nitrogens with zero attached hydrogens (tertiary/aromatic N) is 1. The van der Waals surface area contributed by atoms with E-state index in [1.54, 1.807) is 32.9 Å². The minimum absolute atomic E-state index is 0.0659. The molecule has 1 saturated heterocycles. The molecule has 0 aliphatic carbocycles. The minimum Gasteiger partial charge on any atom is -0.444 e. The van der Waals surface area contributed by atoms with Crippen molar-refractivity contribution in [2.24, 2.45) is 0 Å². The van der Waals surface area contributed by atoms with Crippen LogP contribution < -0.4 is 10.6 Å². The van der Waals surface area contributed by atoms with E-state index in [1.807, 2.05) is 0 Å². The Morgan fingerprint density at radius 1 is 1.21 bits per heavy atom. The van der Waals surface area contributed by atoms with Crippen molar-refractivity contribution in [1.29, 1.82) is 0 Å². The summed E-state index contributed by atoms with van der Waals surface area (Å²) in [4.78, 5) is 62.0. The Morgan fingerprint density at radius 2 is 1.93 bits per heavy atom. The fraction of sp³-hybridized carbons (Fsp3) is 0.450. The fourth-order valence-electron chi connectivity index (χ4n) is 3.41. The average Bonchev–Trinajstić information content (AvgIpc) is 2.86. The van der Waals surface area contributed by atoms with Crippen LogP contribution in [0, 0.1) is 0 Å². The van der Waals surface area contributed by atoms with E-state index >= 15 is 0 Å². The van der Waals surface area contributed by atoms with Crippen LogP contribution in [0.5, 0.6) is 0 Å². The standard InChI is InChI=1S/C20H23N3O6/c1-20(2,3)29-19(28)21-10-9-11-5-4-6-12-15(11)18(27)23(17(12)26)13-7-8-14(24)22-16(13)25/h4-6,13H,7-10H2,1-3H3,(H,21,28)(H,22,24,25). The van der Waals surface area contributed by atoms with Crippen LogP contribution in [0.25, 0.3) is 0 Å². The van der Waals surface area contributed by atoms with Crippen LogP contribution in [-0.4, -0.2) is 52.8 Å². The van der Waals surface area contributed by atoms with Gasteiger partial charge in [0.25, 0.3) is 11.8 Å². The molecule has 2 N–H and O–H groups in total. The predicted octanol–water partition coefficient (Wildman–Crippen LogP) is 1.15. The van der Waals surface area contributed by atoms with Crippen LogP contribution in [0.4, 0.5) is 4.79 Å². The summed E-state index contributed by atoms with van der Waals surface area (Å²) in [5.74, 6) is -2.19. The first kappa shape index (κ1) is 20.5. The van der Waals surface area contributed by atoms with Crippen LogP contribution in [0.3, 0.4) is 0 Å². The van der Waals surface area contributed by atoms with Gasteiger partial charge in [-0.2, -0.15) is 0 Å². The van der Waals surface area contributed by atoms with Gasteiger partial charge in [-0.25, -0.2) is 4.79 Å². The summed E-state index contributed by atoms with van der Waals surface area (Å²) < 4.78 is 5.17.